The maximum atomic E-state index is 11.6. The minimum Gasteiger partial charge on any atom is -0.461 e. The van der Waals surface area contributed by atoms with Crippen molar-refractivity contribution < 1.29 is 19.4 Å². The Morgan fingerprint density at radius 1 is 1.38 bits per heavy atom. The first-order valence-corrected chi connectivity index (χ1v) is 8.84. The molecule has 0 bridgehead atoms. The van der Waals surface area contributed by atoms with Crippen molar-refractivity contribution in [1.82, 2.24) is 4.90 Å². The molecule has 134 valence electrons. The summed E-state index contributed by atoms with van der Waals surface area (Å²) in [6.45, 7) is 5.02. The van der Waals surface area contributed by atoms with Crippen LogP contribution in [0.15, 0.2) is 30.3 Å². The molecule has 0 amide bonds. The molecule has 1 aliphatic heterocycles. The van der Waals surface area contributed by atoms with E-state index in [0.29, 0.717) is 45.2 Å². The number of β-amino-alcohol motifs (C(OH)–C–C–N with tert-alkyl or cyclic N) is 1. The Hall–Kier alpha value is -1.43. The zero-order valence-corrected chi connectivity index (χ0v) is 14.5. The Kier molecular flexibility index (Phi) is 8.22. The fourth-order valence-electron chi connectivity index (χ4n) is 2.94. The normalized spacial score (nSPS) is 19.3. The molecule has 1 fully saturated rings. The molecular formula is C19H29NO4. The minimum absolute atomic E-state index is 0.214. The molecule has 0 aromatic heterocycles. The van der Waals surface area contributed by atoms with Gasteiger partial charge in [-0.2, -0.15) is 0 Å². The number of likely N-dealkylation sites (tertiary alicyclic amines) is 1. The van der Waals surface area contributed by atoms with Gasteiger partial charge < -0.3 is 14.6 Å². The van der Waals surface area contributed by atoms with Crippen molar-refractivity contribution in [2.24, 2.45) is 0 Å². The van der Waals surface area contributed by atoms with E-state index in [-0.39, 0.29) is 5.97 Å². The standard InChI is InChI=1S/C19H29NO4/c1-16-7-5-11-20(16)13-18(21)15-23-12-6-10-19(22)24-14-17-8-3-2-4-9-17/h2-4,8-9,16,18,21H,5-7,10-15H2,1H3/t16-,18?/m0/s1. The first-order valence-electron chi connectivity index (χ1n) is 8.84. The fraction of sp³-hybridized carbons (Fsp3) is 0.632. The smallest absolute Gasteiger partial charge is 0.306 e. The largest absolute Gasteiger partial charge is 0.461 e. The number of carbonyl (C=O) groups excluding carboxylic acids is 1. The van der Waals surface area contributed by atoms with E-state index in [1.807, 2.05) is 30.3 Å². The third kappa shape index (κ3) is 6.99. The Labute approximate surface area is 144 Å². The van der Waals surface area contributed by atoms with Gasteiger partial charge in [-0.1, -0.05) is 30.3 Å². The highest BCUT2D eigenvalue weighted by atomic mass is 16.5. The lowest BCUT2D eigenvalue weighted by molar-refractivity contribution is -0.145. The van der Waals surface area contributed by atoms with Crippen LogP contribution < -0.4 is 0 Å². The molecule has 0 spiro atoms. The van der Waals surface area contributed by atoms with Gasteiger partial charge in [0.25, 0.3) is 0 Å². The van der Waals surface area contributed by atoms with Gasteiger partial charge in [0.05, 0.1) is 12.7 Å². The SMILES string of the molecule is C[C@H]1CCCN1CC(O)COCCCC(=O)OCc1ccccc1. The van der Waals surface area contributed by atoms with Crippen LogP contribution in [0.2, 0.25) is 0 Å². The van der Waals surface area contributed by atoms with Gasteiger partial charge in [0.2, 0.25) is 0 Å². The third-order valence-corrected chi connectivity index (χ3v) is 4.36. The lowest BCUT2D eigenvalue weighted by Gasteiger charge is -2.23. The van der Waals surface area contributed by atoms with Crippen LogP contribution in [0.5, 0.6) is 0 Å². The Morgan fingerprint density at radius 2 is 2.17 bits per heavy atom. The van der Waals surface area contributed by atoms with E-state index in [2.05, 4.69) is 11.8 Å². The highest BCUT2D eigenvalue weighted by molar-refractivity contribution is 5.69. The zero-order chi connectivity index (χ0) is 17.2. The number of nitrogens with zero attached hydrogens (tertiary/aromatic N) is 1. The molecule has 1 aliphatic rings. The monoisotopic (exact) mass is 335 g/mol. The number of esters is 1. The Bertz CT molecular complexity index is 480. The van der Waals surface area contributed by atoms with E-state index in [4.69, 9.17) is 9.47 Å². The van der Waals surface area contributed by atoms with Gasteiger partial charge in [-0.15, -0.1) is 0 Å². The summed E-state index contributed by atoms with van der Waals surface area (Å²) >= 11 is 0. The zero-order valence-electron chi connectivity index (χ0n) is 14.5. The van der Waals surface area contributed by atoms with Gasteiger partial charge in [0.1, 0.15) is 6.61 Å². The lowest BCUT2D eigenvalue weighted by Crippen LogP contribution is -2.36. The third-order valence-electron chi connectivity index (χ3n) is 4.36. The average Bonchev–Trinajstić information content (AvgIpc) is 2.98. The summed E-state index contributed by atoms with van der Waals surface area (Å²) < 4.78 is 10.7. The molecule has 1 N–H and O–H groups in total. The van der Waals surface area contributed by atoms with Crippen molar-refractivity contribution in [1.29, 1.82) is 0 Å². The second-order valence-corrected chi connectivity index (χ2v) is 6.46. The molecule has 0 saturated carbocycles. The van der Waals surface area contributed by atoms with E-state index in [1.165, 1.54) is 12.8 Å². The van der Waals surface area contributed by atoms with Crippen LogP contribution in [-0.2, 0) is 20.9 Å². The maximum Gasteiger partial charge on any atom is 0.306 e. The fourth-order valence-corrected chi connectivity index (χ4v) is 2.94. The van der Waals surface area contributed by atoms with E-state index in [9.17, 15) is 9.90 Å². The summed E-state index contributed by atoms with van der Waals surface area (Å²) in [4.78, 5) is 13.9. The Morgan fingerprint density at radius 3 is 2.88 bits per heavy atom. The van der Waals surface area contributed by atoms with Crippen LogP contribution in [0, 0.1) is 0 Å². The number of benzene rings is 1. The van der Waals surface area contributed by atoms with Crippen molar-refractivity contribution in [3.63, 3.8) is 0 Å². The van der Waals surface area contributed by atoms with Crippen LogP contribution in [0.4, 0.5) is 0 Å². The van der Waals surface area contributed by atoms with Crippen LogP contribution in [0.1, 0.15) is 38.2 Å². The van der Waals surface area contributed by atoms with Crippen LogP contribution >= 0.6 is 0 Å². The molecule has 24 heavy (non-hydrogen) atoms. The summed E-state index contributed by atoms with van der Waals surface area (Å²) in [5.41, 5.74) is 0.987. The molecule has 1 saturated heterocycles. The van der Waals surface area contributed by atoms with Crippen LogP contribution in [-0.4, -0.2) is 54.4 Å². The molecule has 1 aromatic rings. The average molecular weight is 335 g/mol. The van der Waals surface area contributed by atoms with Gasteiger partial charge in [0, 0.05) is 25.6 Å². The molecule has 2 atom stereocenters. The quantitative estimate of drug-likeness (QED) is 0.525. The number of carbonyl (C=O) groups is 1. The van der Waals surface area contributed by atoms with Gasteiger partial charge in [0.15, 0.2) is 0 Å². The highest BCUT2D eigenvalue weighted by Crippen LogP contribution is 2.16. The summed E-state index contributed by atoms with van der Waals surface area (Å²) in [5.74, 6) is -0.214. The minimum atomic E-state index is -0.462. The second kappa shape index (κ2) is 10.4. The van der Waals surface area contributed by atoms with Gasteiger partial charge in [-0.25, -0.2) is 0 Å². The molecule has 2 rings (SSSR count). The van der Waals surface area contributed by atoms with Crippen LogP contribution in [0.25, 0.3) is 0 Å². The van der Waals surface area contributed by atoms with Crippen molar-refractivity contribution in [2.75, 3.05) is 26.3 Å². The Balaban J connectivity index is 1.47. The predicted octanol–water partition coefficient (Wildman–Crippen LogP) is 2.37. The van der Waals surface area contributed by atoms with Gasteiger partial charge in [-0.3, -0.25) is 9.69 Å². The second-order valence-electron chi connectivity index (χ2n) is 6.46. The lowest BCUT2D eigenvalue weighted by atomic mass is 10.2. The number of rotatable bonds is 10. The number of aliphatic hydroxyl groups is 1. The summed E-state index contributed by atoms with van der Waals surface area (Å²) in [6, 6.07) is 10.2. The van der Waals surface area contributed by atoms with Crippen molar-refractivity contribution >= 4 is 5.97 Å². The molecule has 5 nitrogen and oxygen atoms in total. The van der Waals surface area contributed by atoms with Crippen molar-refractivity contribution in [2.45, 2.75) is 51.4 Å². The highest BCUT2D eigenvalue weighted by Gasteiger charge is 2.22. The summed E-state index contributed by atoms with van der Waals surface area (Å²) in [6.07, 6.45) is 2.90. The molecule has 1 aromatic carbocycles. The van der Waals surface area contributed by atoms with Crippen molar-refractivity contribution in [3.8, 4) is 0 Å². The number of ether oxygens (including phenoxy) is 2. The van der Waals surface area contributed by atoms with Crippen molar-refractivity contribution in [3.05, 3.63) is 35.9 Å². The first-order chi connectivity index (χ1) is 11.6. The van der Waals surface area contributed by atoms with E-state index >= 15 is 0 Å². The van der Waals surface area contributed by atoms with E-state index in [0.717, 1.165) is 12.1 Å². The molecular weight excluding hydrogens is 306 g/mol. The maximum absolute atomic E-state index is 11.6. The predicted molar refractivity (Wildman–Crippen MR) is 92.6 cm³/mol. The molecule has 5 heteroatoms. The number of hydrogen-bond acceptors (Lipinski definition) is 5. The van der Waals surface area contributed by atoms with Gasteiger partial charge >= 0.3 is 5.97 Å². The molecule has 1 heterocycles. The first kappa shape index (κ1) is 18.9. The van der Waals surface area contributed by atoms with E-state index in [1.54, 1.807) is 0 Å². The molecule has 0 aliphatic carbocycles. The molecule has 0 radical (unpaired) electrons. The molecule has 1 unspecified atom stereocenters. The van der Waals surface area contributed by atoms with Gasteiger partial charge in [-0.05, 0) is 38.3 Å². The van der Waals surface area contributed by atoms with E-state index < -0.39 is 6.10 Å². The number of hydrogen-bond donors (Lipinski definition) is 1. The topological polar surface area (TPSA) is 59.0 Å². The summed E-state index contributed by atoms with van der Waals surface area (Å²) in [5, 5.41) is 9.99. The van der Waals surface area contributed by atoms with Crippen LogP contribution in [0.3, 0.4) is 0 Å². The summed E-state index contributed by atoms with van der Waals surface area (Å²) in [7, 11) is 0. The number of aliphatic hydroxyl groups excluding tert-OH is 1.